The van der Waals surface area contributed by atoms with E-state index in [4.69, 9.17) is 5.73 Å². The molecule has 30 heavy (non-hydrogen) atoms. The van der Waals surface area contributed by atoms with E-state index in [-0.39, 0.29) is 24.0 Å². The van der Waals surface area contributed by atoms with Gasteiger partial charge in [0.25, 0.3) is 0 Å². The van der Waals surface area contributed by atoms with E-state index in [0.29, 0.717) is 5.96 Å². The van der Waals surface area contributed by atoms with Crippen LogP contribution < -0.4 is 11.1 Å². The first-order valence-electron chi connectivity index (χ1n) is 10.7. The van der Waals surface area contributed by atoms with Crippen molar-refractivity contribution in [3.05, 3.63) is 65.2 Å². The monoisotopic (exact) mass is 521 g/mol. The third-order valence-corrected chi connectivity index (χ3v) is 5.66. The van der Waals surface area contributed by atoms with Gasteiger partial charge in [0.1, 0.15) is 0 Å². The smallest absolute Gasteiger partial charge is 0.193 e. The predicted octanol–water partition coefficient (Wildman–Crippen LogP) is 4.25. The molecule has 0 bridgehead atoms. The first-order valence-corrected chi connectivity index (χ1v) is 10.7. The zero-order chi connectivity index (χ0) is 20.5. The molecular weight excluding hydrogens is 485 g/mol. The Morgan fingerprint density at radius 3 is 2.33 bits per heavy atom. The quantitative estimate of drug-likeness (QED) is 0.236. The Hall–Kier alpha value is -1.64. The van der Waals surface area contributed by atoms with Crippen molar-refractivity contribution in [2.24, 2.45) is 10.7 Å². The number of guanidine groups is 1. The van der Waals surface area contributed by atoms with E-state index in [9.17, 15) is 0 Å². The molecular formula is C24H36IN5. The average molecular weight is 521 g/mol. The molecule has 3 N–H and O–H groups in total. The number of hydrogen-bond acceptors (Lipinski definition) is 3. The molecule has 1 aliphatic heterocycles. The van der Waals surface area contributed by atoms with Crippen LogP contribution >= 0.6 is 24.0 Å². The van der Waals surface area contributed by atoms with Crippen molar-refractivity contribution in [3.63, 3.8) is 0 Å². The summed E-state index contributed by atoms with van der Waals surface area (Å²) < 4.78 is 0. The zero-order valence-corrected chi connectivity index (χ0v) is 20.6. The van der Waals surface area contributed by atoms with E-state index in [1.165, 1.54) is 23.1 Å². The van der Waals surface area contributed by atoms with Crippen LogP contribution in [0.1, 0.15) is 29.5 Å². The maximum absolute atomic E-state index is 6.02. The van der Waals surface area contributed by atoms with E-state index < -0.39 is 0 Å². The van der Waals surface area contributed by atoms with Crippen molar-refractivity contribution < 1.29 is 0 Å². The molecule has 0 unspecified atom stereocenters. The minimum Gasteiger partial charge on any atom is -0.370 e. The lowest BCUT2D eigenvalue weighted by Crippen LogP contribution is -2.46. The SMILES string of the molecule is Cc1ccc(NC(N)=NCCCCN2CCN(Cc3ccccc3)CC2)cc1C.I. The van der Waals surface area contributed by atoms with Gasteiger partial charge in [-0.05, 0) is 62.1 Å². The number of nitrogens with two attached hydrogens (primary N) is 1. The highest BCUT2D eigenvalue weighted by molar-refractivity contribution is 14.0. The van der Waals surface area contributed by atoms with Gasteiger partial charge in [-0.1, -0.05) is 36.4 Å². The van der Waals surface area contributed by atoms with Crippen molar-refractivity contribution in [3.8, 4) is 0 Å². The van der Waals surface area contributed by atoms with Gasteiger partial charge >= 0.3 is 0 Å². The van der Waals surface area contributed by atoms with Crippen LogP contribution in [-0.4, -0.2) is 55.0 Å². The highest BCUT2D eigenvalue weighted by atomic mass is 127. The molecule has 5 nitrogen and oxygen atoms in total. The van der Waals surface area contributed by atoms with Crippen LogP contribution in [0, 0.1) is 13.8 Å². The van der Waals surface area contributed by atoms with E-state index in [0.717, 1.165) is 57.9 Å². The molecule has 0 aliphatic carbocycles. The van der Waals surface area contributed by atoms with Gasteiger partial charge in [-0.2, -0.15) is 0 Å². The molecule has 2 aromatic rings. The van der Waals surface area contributed by atoms with Gasteiger partial charge in [-0.25, -0.2) is 0 Å². The van der Waals surface area contributed by atoms with Gasteiger partial charge < -0.3 is 16.0 Å². The summed E-state index contributed by atoms with van der Waals surface area (Å²) in [6.45, 7) is 11.8. The fourth-order valence-corrected chi connectivity index (χ4v) is 3.67. The van der Waals surface area contributed by atoms with Crippen molar-refractivity contribution in [1.29, 1.82) is 0 Å². The Kier molecular flexibility index (Phi) is 10.6. The van der Waals surface area contributed by atoms with Crippen LogP contribution in [0.5, 0.6) is 0 Å². The average Bonchev–Trinajstić information content (AvgIpc) is 2.72. The molecule has 0 spiro atoms. The second-order valence-corrected chi connectivity index (χ2v) is 8.00. The Bertz CT molecular complexity index is 785. The second-order valence-electron chi connectivity index (χ2n) is 8.00. The van der Waals surface area contributed by atoms with Crippen LogP contribution in [0.2, 0.25) is 0 Å². The molecule has 0 amide bonds. The Morgan fingerprint density at radius 1 is 0.933 bits per heavy atom. The molecule has 0 aromatic heterocycles. The minimum atomic E-state index is 0. The third kappa shape index (κ3) is 8.24. The Balaban J connectivity index is 0.00000320. The number of benzene rings is 2. The highest BCUT2D eigenvalue weighted by Crippen LogP contribution is 2.14. The topological polar surface area (TPSA) is 56.9 Å². The number of anilines is 1. The van der Waals surface area contributed by atoms with Crippen LogP contribution in [-0.2, 0) is 6.54 Å². The van der Waals surface area contributed by atoms with Gasteiger partial charge in [0.05, 0.1) is 0 Å². The molecule has 1 saturated heterocycles. The largest absolute Gasteiger partial charge is 0.370 e. The maximum Gasteiger partial charge on any atom is 0.193 e. The number of piperazine rings is 1. The number of nitrogens with one attached hydrogen (secondary N) is 1. The number of unbranched alkanes of at least 4 members (excludes halogenated alkanes) is 1. The first kappa shape index (κ1) is 24.6. The first-order chi connectivity index (χ1) is 14.1. The Morgan fingerprint density at radius 2 is 1.63 bits per heavy atom. The van der Waals surface area contributed by atoms with E-state index in [1.807, 2.05) is 6.07 Å². The summed E-state index contributed by atoms with van der Waals surface area (Å²) in [5.74, 6) is 0.503. The number of rotatable bonds is 8. The van der Waals surface area contributed by atoms with Crippen molar-refractivity contribution in [2.75, 3.05) is 44.6 Å². The van der Waals surface area contributed by atoms with Gasteiger partial charge in [0.2, 0.25) is 0 Å². The summed E-state index contributed by atoms with van der Waals surface area (Å²) in [4.78, 5) is 9.59. The molecule has 6 heteroatoms. The fourth-order valence-electron chi connectivity index (χ4n) is 3.67. The lowest BCUT2D eigenvalue weighted by Gasteiger charge is -2.34. The van der Waals surface area contributed by atoms with Gasteiger partial charge in [-0.15, -0.1) is 24.0 Å². The lowest BCUT2D eigenvalue weighted by molar-refractivity contribution is 0.126. The number of aliphatic imine (C=N–C) groups is 1. The summed E-state index contributed by atoms with van der Waals surface area (Å²) in [6.07, 6.45) is 2.23. The van der Waals surface area contributed by atoms with E-state index in [1.54, 1.807) is 0 Å². The van der Waals surface area contributed by atoms with Gasteiger partial charge in [0.15, 0.2) is 5.96 Å². The van der Waals surface area contributed by atoms with Gasteiger partial charge in [0, 0.05) is 45.0 Å². The number of aryl methyl sites for hydroxylation is 2. The number of nitrogens with zero attached hydrogens (tertiary/aromatic N) is 3. The summed E-state index contributed by atoms with van der Waals surface area (Å²) in [5.41, 5.74) is 11.0. The molecule has 164 valence electrons. The zero-order valence-electron chi connectivity index (χ0n) is 18.3. The summed E-state index contributed by atoms with van der Waals surface area (Å²) in [7, 11) is 0. The molecule has 1 heterocycles. The molecule has 0 saturated carbocycles. The summed E-state index contributed by atoms with van der Waals surface area (Å²) in [6, 6.07) is 17.0. The molecule has 0 radical (unpaired) electrons. The Labute approximate surface area is 198 Å². The maximum atomic E-state index is 6.02. The summed E-state index contributed by atoms with van der Waals surface area (Å²) >= 11 is 0. The number of halogens is 1. The molecule has 0 atom stereocenters. The van der Waals surface area contributed by atoms with Crippen LogP contribution in [0.25, 0.3) is 0 Å². The minimum absolute atomic E-state index is 0. The normalized spacial score (nSPS) is 15.6. The second kappa shape index (κ2) is 12.9. The lowest BCUT2D eigenvalue weighted by atomic mass is 10.1. The standard InChI is InChI=1S/C24H35N5.HI/c1-20-10-11-23(18-21(20)2)27-24(25)26-12-6-7-13-28-14-16-29(17-15-28)19-22-8-4-3-5-9-22;/h3-5,8-11,18H,6-7,12-17,19H2,1-2H3,(H3,25,26,27);1H. The third-order valence-electron chi connectivity index (χ3n) is 5.66. The van der Waals surface area contributed by atoms with Gasteiger partial charge in [-0.3, -0.25) is 9.89 Å². The van der Waals surface area contributed by atoms with Crippen LogP contribution in [0.4, 0.5) is 5.69 Å². The number of hydrogen-bond donors (Lipinski definition) is 2. The van der Waals surface area contributed by atoms with Crippen molar-refractivity contribution in [2.45, 2.75) is 33.2 Å². The predicted molar refractivity (Wildman–Crippen MR) is 139 cm³/mol. The molecule has 3 rings (SSSR count). The fraction of sp³-hybridized carbons (Fsp3) is 0.458. The molecule has 1 aliphatic rings. The van der Waals surface area contributed by atoms with Crippen LogP contribution in [0.3, 0.4) is 0 Å². The van der Waals surface area contributed by atoms with E-state index >= 15 is 0 Å². The van der Waals surface area contributed by atoms with Crippen molar-refractivity contribution in [1.82, 2.24) is 9.80 Å². The van der Waals surface area contributed by atoms with E-state index in [2.05, 4.69) is 76.4 Å². The van der Waals surface area contributed by atoms with Crippen molar-refractivity contribution >= 4 is 35.6 Å². The summed E-state index contributed by atoms with van der Waals surface area (Å²) in [5, 5.41) is 3.19. The van der Waals surface area contributed by atoms with Crippen LogP contribution in [0.15, 0.2) is 53.5 Å². The molecule has 1 fully saturated rings. The highest BCUT2D eigenvalue weighted by Gasteiger charge is 2.16. The molecule has 2 aromatic carbocycles.